The molecule has 32 heavy (non-hydrogen) atoms. The number of halogens is 3. The van der Waals surface area contributed by atoms with E-state index in [2.05, 4.69) is 24.1 Å². The first-order valence-electron chi connectivity index (χ1n) is 9.97. The molecule has 1 amide bonds. The molecule has 0 bridgehead atoms. The van der Waals surface area contributed by atoms with E-state index >= 15 is 0 Å². The summed E-state index contributed by atoms with van der Waals surface area (Å²) >= 11 is 0. The number of ether oxygens (including phenoxy) is 1. The third kappa shape index (κ3) is 8.22. The van der Waals surface area contributed by atoms with E-state index in [0.29, 0.717) is 25.5 Å². The molecule has 3 rings (SSSR count). The third-order valence-electron chi connectivity index (χ3n) is 4.61. The third-order valence-corrected chi connectivity index (χ3v) is 4.61. The lowest BCUT2D eigenvalue weighted by Crippen LogP contribution is -2.37. The van der Waals surface area contributed by atoms with Crippen molar-refractivity contribution in [1.82, 2.24) is 19.6 Å². The Balaban J connectivity index is 0.000000451. The van der Waals surface area contributed by atoms with Gasteiger partial charge in [-0.3, -0.25) is 9.48 Å². The Bertz CT molecular complexity index is 871. The zero-order valence-electron chi connectivity index (χ0n) is 18.0. The maximum atomic E-state index is 12.7. The number of benzene rings is 1. The number of rotatable bonds is 6. The minimum atomic E-state index is -5.08. The molecule has 1 aliphatic rings. The van der Waals surface area contributed by atoms with Gasteiger partial charge in [-0.05, 0) is 32.3 Å². The summed E-state index contributed by atoms with van der Waals surface area (Å²) in [5.74, 6) is -1.45. The molecule has 1 aromatic heterocycles. The standard InChI is InChI=1S/C19H26N4O2.C2HF3O2/c1-21(2)12-16-13-22(15-17-8-10-20-23(17)14-16)19(24)9-11-25-18-6-4-3-5-7-18;3-2(4,5)1(6)7/h3-8,10,16H,9,11-15H2,1-2H3;(H,6,7). The van der Waals surface area contributed by atoms with Gasteiger partial charge in [0.25, 0.3) is 0 Å². The Labute approximate surface area is 184 Å². The van der Waals surface area contributed by atoms with E-state index in [0.717, 1.165) is 31.1 Å². The number of fused-ring (bicyclic) bond motifs is 1. The van der Waals surface area contributed by atoms with Crippen LogP contribution in [0.3, 0.4) is 0 Å². The molecular weight excluding hydrogens is 429 g/mol. The maximum Gasteiger partial charge on any atom is 0.490 e. The van der Waals surface area contributed by atoms with Crippen LogP contribution in [-0.4, -0.2) is 76.5 Å². The average Bonchev–Trinajstić information content (AvgIpc) is 3.06. The molecule has 2 aromatic rings. The number of alkyl halides is 3. The highest BCUT2D eigenvalue weighted by Gasteiger charge is 2.38. The Morgan fingerprint density at radius 3 is 2.44 bits per heavy atom. The van der Waals surface area contributed by atoms with Gasteiger partial charge in [0, 0.05) is 31.7 Å². The molecule has 0 saturated carbocycles. The van der Waals surface area contributed by atoms with E-state index in [4.69, 9.17) is 14.6 Å². The molecule has 0 saturated heterocycles. The van der Waals surface area contributed by atoms with Gasteiger partial charge in [0.15, 0.2) is 0 Å². The van der Waals surface area contributed by atoms with Gasteiger partial charge in [0.05, 0.1) is 25.3 Å². The quantitative estimate of drug-likeness (QED) is 0.719. The molecule has 1 aliphatic heterocycles. The predicted molar refractivity (Wildman–Crippen MR) is 110 cm³/mol. The van der Waals surface area contributed by atoms with Crippen LogP contribution in [-0.2, 0) is 22.7 Å². The van der Waals surface area contributed by atoms with Crippen LogP contribution < -0.4 is 4.74 Å². The zero-order valence-corrected chi connectivity index (χ0v) is 18.0. The van der Waals surface area contributed by atoms with Crippen LogP contribution in [0.15, 0.2) is 42.6 Å². The first-order chi connectivity index (χ1) is 15.1. The maximum absolute atomic E-state index is 12.7. The van der Waals surface area contributed by atoms with Gasteiger partial charge in [-0.2, -0.15) is 18.3 Å². The molecule has 11 heteroatoms. The molecule has 1 atom stereocenters. The molecular formula is C21H27F3N4O4. The van der Waals surface area contributed by atoms with Gasteiger partial charge >= 0.3 is 12.1 Å². The van der Waals surface area contributed by atoms with Crippen LogP contribution in [0.1, 0.15) is 12.1 Å². The lowest BCUT2D eigenvalue weighted by molar-refractivity contribution is -0.192. The largest absolute Gasteiger partial charge is 0.493 e. The van der Waals surface area contributed by atoms with Gasteiger partial charge in [-0.25, -0.2) is 4.79 Å². The number of nitrogens with zero attached hydrogens (tertiary/aromatic N) is 4. The molecule has 1 unspecified atom stereocenters. The smallest absolute Gasteiger partial charge is 0.490 e. The normalized spacial score (nSPS) is 15.9. The van der Waals surface area contributed by atoms with Gasteiger partial charge in [-0.15, -0.1) is 0 Å². The first-order valence-corrected chi connectivity index (χ1v) is 9.97. The number of carboxylic acids is 1. The van der Waals surface area contributed by atoms with Crippen LogP contribution in [0, 0.1) is 5.92 Å². The fourth-order valence-electron chi connectivity index (χ4n) is 3.29. The Hall–Kier alpha value is -3.08. The van der Waals surface area contributed by atoms with Crippen LogP contribution in [0.25, 0.3) is 0 Å². The summed E-state index contributed by atoms with van der Waals surface area (Å²) in [4.78, 5) is 25.7. The van der Waals surface area contributed by atoms with Gasteiger partial charge in [0.2, 0.25) is 5.91 Å². The Morgan fingerprint density at radius 2 is 1.84 bits per heavy atom. The Morgan fingerprint density at radius 1 is 1.19 bits per heavy atom. The number of aromatic nitrogens is 2. The van der Waals surface area contributed by atoms with E-state index in [-0.39, 0.29) is 5.91 Å². The number of hydrogen-bond acceptors (Lipinski definition) is 5. The van der Waals surface area contributed by atoms with Crippen LogP contribution in [0.4, 0.5) is 13.2 Å². The number of para-hydroxylation sites is 1. The molecule has 0 aliphatic carbocycles. The van der Waals surface area contributed by atoms with Gasteiger partial charge in [-0.1, -0.05) is 18.2 Å². The second kappa shape index (κ2) is 11.5. The number of carboxylic acid groups (broad SMARTS) is 1. The van der Waals surface area contributed by atoms with E-state index < -0.39 is 12.1 Å². The van der Waals surface area contributed by atoms with Crippen LogP contribution in [0.2, 0.25) is 0 Å². The summed E-state index contributed by atoms with van der Waals surface area (Å²) in [6.07, 6.45) is -2.88. The van der Waals surface area contributed by atoms with Crippen molar-refractivity contribution in [2.45, 2.75) is 25.7 Å². The van der Waals surface area contributed by atoms with Crippen molar-refractivity contribution < 1.29 is 32.6 Å². The summed E-state index contributed by atoms with van der Waals surface area (Å²) in [7, 11) is 4.13. The van der Waals surface area contributed by atoms with Crippen LogP contribution >= 0.6 is 0 Å². The number of carbonyl (C=O) groups excluding carboxylic acids is 1. The highest BCUT2D eigenvalue weighted by Crippen LogP contribution is 2.18. The van der Waals surface area contributed by atoms with Crippen molar-refractivity contribution in [1.29, 1.82) is 0 Å². The molecule has 0 radical (unpaired) electrons. The number of carbonyl (C=O) groups is 2. The second-order valence-corrected chi connectivity index (χ2v) is 7.62. The lowest BCUT2D eigenvalue weighted by atomic mass is 10.1. The summed E-state index contributed by atoms with van der Waals surface area (Å²) in [6, 6.07) is 11.6. The van der Waals surface area contributed by atoms with Crippen molar-refractivity contribution in [2.75, 3.05) is 33.8 Å². The molecule has 8 nitrogen and oxygen atoms in total. The average molecular weight is 456 g/mol. The number of aliphatic carboxylic acids is 1. The molecule has 2 heterocycles. The molecule has 0 fully saturated rings. The van der Waals surface area contributed by atoms with Gasteiger partial charge in [0.1, 0.15) is 5.75 Å². The monoisotopic (exact) mass is 456 g/mol. The van der Waals surface area contributed by atoms with Crippen molar-refractivity contribution in [2.24, 2.45) is 5.92 Å². The SMILES string of the molecule is CN(C)CC1CN(C(=O)CCOc2ccccc2)Cc2ccnn2C1.O=C(O)C(F)(F)F. The van der Waals surface area contributed by atoms with E-state index in [1.807, 2.05) is 52.2 Å². The van der Waals surface area contributed by atoms with Gasteiger partial charge < -0.3 is 19.6 Å². The van der Waals surface area contributed by atoms with E-state index in [1.165, 1.54) is 0 Å². The van der Waals surface area contributed by atoms with Crippen molar-refractivity contribution in [3.05, 3.63) is 48.3 Å². The predicted octanol–water partition coefficient (Wildman–Crippen LogP) is 2.51. The molecule has 1 N–H and O–H groups in total. The molecule has 1 aromatic carbocycles. The summed E-state index contributed by atoms with van der Waals surface area (Å²) in [6.45, 7) is 3.56. The molecule has 176 valence electrons. The summed E-state index contributed by atoms with van der Waals surface area (Å²) in [5.41, 5.74) is 1.10. The first kappa shape index (κ1) is 25.2. The Kier molecular flexibility index (Phi) is 9.06. The van der Waals surface area contributed by atoms with E-state index in [9.17, 15) is 18.0 Å². The molecule has 0 spiro atoms. The highest BCUT2D eigenvalue weighted by molar-refractivity contribution is 5.76. The van der Waals surface area contributed by atoms with Crippen molar-refractivity contribution in [3.8, 4) is 5.75 Å². The van der Waals surface area contributed by atoms with E-state index in [1.54, 1.807) is 0 Å². The fraction of sp³-hybridized carbons (Fsp3) is 0.476. The lowest BCUT2D eigenvalue weighted by Gasteiger charge is -2.26. The fourth-order valence-corrected chi connectivity index (χ4v) is 3.29. The number of hydrogen-bond donors (Lipinski definition) is 1. The second-order valence-electron chi connectivity index (χ2n) is 7.62. The minimum Gasteiger partial charge on any atom is -0.493 e. The zero-order chi connectivity index (χ0) is 23.7. The topological polar surface area (TPSA) is 87.9 Å². The minimum absolute atomic E-state index is 0.134. The van der Waals surface area contributed by atoms with Crippen LogP contribution in [0.5, 0.6) is 5.75 Å². The summed E-state index contributed by atoms with van der Waals surface area (Å²) in [5, 5.41) is 11.5. The number of amides is 1. The van der Waals surface area contributed by atoms with Crippen molar-refractivity contribution in [3.63, 3.8) is 0 Å². The summed E-state index contributed by atoms with van der Waals surface area (Å²) < 4.78 is 39.4. The highest BCUT2D eigenvalue weighted by atomic mass is 19.4. The van der Waals surface area contributed by atoms with Crippen molar-refractivity contribution >= 4 is 11.9 Å².